The molecule has 1 heterocycles. The van der Waals surface area contributed by atoms with Crippen molar-refractivity contribution >= 4 is 17.7 Å². The Bertz CT molecular complexity index is 543. The molecule has 0 radical (unpaired) electrons. The molecule has 1 amide bonds. The number of ether oxygens (including phenoxy) is 2. The second-order valence-electron chi connectivity index (χ2n) is 5.82. The van der Waals surface area contributed by atoms with Gasteiger partial charge in [0.2, 0.25) is 5.91 Å². The highest BCUT2D eigenvalue weighted by Gasteiger charge is 2.37. The maximum Gasteiger partial charge on any atom is 0.226 e. The number of hydrogen-bond donors (Lipinski definition) is 0. The van der Waals surface area contributed by atoms with E-state index in [2.05, 4.69) is 0 Å². The van der Waals surface area contributed by atoms with Crippen molar-refractivity contribution in [3.05, 3.63) is 23.8 Å². The fourth-order valence-electron chi connectivity index (χ4n) is 3.47. The average Bonchev–Trinajstić information content (AvgIpc) is 3.24. The summed E-state index contributed by atoms with van der Waals surface area (Å²) in [5.74, 6) is 2.98. The van der Waals surface area contributed by atoms with E-state index in [9.17, 15) is 4.79 Å². The number of rotatable bonds is 4. The lowest BCUT2D eigenvalue weighted by Gasteiger charge is -2.28. The van der Waals surface area contributed by atoms with Crippen LogP contribution in [0.3, 0.4) is 0 Å². The highest BCUT2D eigenvalue weighted by Crippen LogP contribution is 2.46. The minimum Gasteiger partial charge on any atom is -0.493 e. The fourth-order valence-corrected chi connectivity index (χ4v) is 4.75. The van der Waals surface area contributed by atoms with Gasteiger partial charge >= 0.3 is 0 Å². The molecule has 1 aliphatic heterocycles. The van der Waals surface area contributed by atoms with Crippen molar-refractivity contribution in [2.75, 3.05) is 26.5 Å². The minimum absolute atomic E-state index is 0.0400. The van der Waals surface area contributed by atoms with Crippen LogP contribution >= 0.6 is 11.8 Å². The van der Waals surface area contributed by atoms with Gasteiger partial charge in [0, 0.05) is 23.8 Å². The van der Waals surface area contributed by atoms with Crippen molar-refractivity contribution in [1.82, 2.24) is 4.90 Å². The van der Waals surface area contributed by atoms with Crippen molar-refractivity contribution in [2.24, 2.45) is 5.92 Å². The molecular formula is C17H23NO3S. The van der Waals surface area contributed by atoms with Crippen LogP contribution in [-0.4, -0.2) is 37.3 Å². The molecule has 1 saturated carbocycles. The molecule has 1 aromatic rings. The summed E-state index contributed by atoms with van der Waals surface area (Å²) >= 11 is 1.81. The standard InChI is InChI=1S/C17H23NO3S/c1-20-14-9-5-8-13(15(14)21-2)17-18(10-11-22-17)16(19)12-6-3-4-7-12/h5,8-9,12,17H,3-4,6-7,10-11H2,1-2H3/t17-/m0/s1. The number of benzene rings is 1. The molecule has 120 valence electrons. The van der Waals surface area contributed by atoms with E-state index in [1.807, 2.05) is 34.9 Å². The second kappa shape index (κ2) is 6.82. The quantitative estimate of drug-likeness (QED) is 0.851. The van der Waals surface area contributed by atoms with Gasteiger partial charge in [-0.05, 0) is 18.9 Å². The lowest BCUT2D eigenvalue weighted by molar-refractivity contribution is -0.135. The second-order valence-corrected chi connectivity index (χ2v) is 7.01. The highest BCUT2D eigenvalue weighted by atomic mass is 32.2. The minimum atomic E-state index is 0.0400. The summed E-state index contributed by atoms with van der Waals surface area (Å²) in [5.41, 5.74) is 1.04. The number of carbonyl (C=O) groups is 1. The Morgan fingerprint density at radius 1 is 1.23 bits per heavy atom. The summed E-state index contributed by atoms with van der Waals surface area (Å²) in [6.45, 7) is 0.824. The van der Waals surface area contributed by atoms with Gasteiger partial charge in [0.1, 0.15) is 5.37 Å². The van der Waals surface area contributed by atoms with Gasteiger partial charge in [-0.2, -0.15) is 0 Å². The van der Waals surface area contributed by atoms with Gasteiger partial charge in [-0.25, -0.2) is 0 Å². The molecule has 1 aromatic carbocycles. The largest absolute Gasteiger partial charge is 0.493 e. The summed E-state index contributed by atoms with van der Waals surface area (Å²) in [7, 11) is 3.30. The molecule has 2 aliphatic rings. The molecule has 1 aliphatic carbocycles. The Morgan fingerprint density at radius 2 is 2.00 bits per heavy atom. The van der Waals surface area contributed by atoms with E-state index in [-0.39, 0.29) is 11.3 Å². The van der Waals surface area contributed by atoms with Crippen LogP contribution in [0.5, 0.6) is 11.5 Å². The van der Waals surface area contributed by atoms with E-state index >= 15 is 0 Å². The van der Waals surface area contributed by atoms with Gasteiger partial charge in [-0.15, -0.1) is 11.8 Å². The van der Waals surface area contributed by atoms with Gasteiger partial charge in [-0.1, -0.05) is 25.0 Å². The molecule has 0 spiro atoms. The molecule has 0 unspecified atom stereocenters. The predicted octanol–water partition coefficient (Wildman–Crippen LogP) is 3.47. The predicted molar refractivity (Wildman–Crippen MR) is 88.4 cm³/mol. The first kappa shape index (κ1) is 15.5. The van der Waals surface area contributed by atoms with E-state index in [1.165, 1.54) is 12.8 Å². The van der Waals surface area contributed by atoms with E-state index in [0.29, 0.717) is 5.91 Å². The molecule has 4 nitrogen and oxygen atoms in total. The first-order valence-corrected chi connectivity index (χ1v) is 8.94. The van der Waals surface area contributed by atoms with Gasteiger partial charge in [-0.3, -0.25) is 4.79 Å². The van der Waals surface area contributed by atoms with Crippen LogP contribution in [0.25, 0.3) is 0 Å². The van der Waals surface area contributed by atoms with Crippen LogP contribution in [-0.2, 0) is 4.79 Å². The van der Waals surface area contributed by atoms with Crippen LogP contribution in [0, 0.1) is 5.92 Å². The first-order valence-electron chi connectivity index (χ1n) is 7.89. The summed E-state index contributed by atoms with van der Waals surface area (Å²) in [4.78, 5) is 14.9. The van der Waals surface area contributed by atoms with Crippen LogP contribution in [0.15, 0.2) is 18.2 Å². The van der Waals surface area contributed by atoms with E-state index < -0.39 is 0 Å². The van der Waals surface area contributed by atoms with Crippen molar-refractivity contribution in [1.29, 1.82) is 0 Å². The van der Waals surface area contributed by atoms with Crippen molar-refractivity contribution in [3.8, 4) is 11.5 Å². The lowest BCUT2D eigenvalue weighted by atomic mass is 10.1. The summed E-state index contributed by atoms with van der Waals surface area (Å²) in [5, 5.41) is 0.0400. The van der Waals surface area contributed by atoms with Crippen molar-refractivity contribution in [3.63, 3.8) is 0 Å². The molecule has 1 atom stereocenters. The topological polar surface area (TPSA) is 38.8 Å². The molecule has 2 fully saturated rings. The summed E-state index contributed by atoms with van der Waals surface area (Å²) < 4.78 is 11.0. The van der Waals surface area contributed by atoms with Gasteiger partial charge in [0.25, 0.3) is 0 Å². The third-order valence-corrected chi connectivity index (χ3v) is 5.82. The van der Waals surface area contributed by atoms with Crippen LogP contribution < -0.4 is 9.47 Å². The van der Waals surface area contributed by atoms with Crippen molar-refractivity contribution in [2.45, 2.75) is 31.1 Å². The number of methoxy groups -OCH3 is 2. The zero-order valence-electron chi connectivity index (χ0n) is 13.2. The van der Waals surface area contributed by atoms with Gasteiger partial charge < -0.3 is 14.4 Å². The molecule has 22 heavy (non-hydrogen) atoms. The Morgan fingerprint density at radius 3 is 2.68 bits per heavy atom. The van der Waals surface area contributed by atoms with Crippen LogP contribution in [0.2, 0.25) is 0 Å². The Balaban J connectivity index is 1.88. The SMILES string of the molecule is COc1cccc([C@@H]2SCCN2C(=O)C2CCCC2)c1OC. The van der Waals surface area contributed by atoms with Crippen LogP contribution in [0.1, 0.15) is 36.6 Å². The number of hydrogen-bond acceptors (Lipinski definition) is 4. The van der Waals surface area contributed by atoms with E-state index in [4.69, 9.17) is 9.47 Å². The monoisotopic (exact) mass is 321 g/mol. The smallest absolute Gasteiger partial charge is 0.226 e. The van der Waals surface area contributed by atoms with Gasteiger partial charge in [0.15, 0.2) is 11.5 Å². The Kier molecular flexibility index (Phi) is 4.81. The molecule has 5 heteroatoms. The first-order chi connectivity index (χ1) is 10.8. The molecule has 1 saturated heterocycles. The van der Waals surface area contributed by atoms with Crippen molar-refractivity contribution < 1.29 is 14.3 Å². The third-order valence-electron chi connectivity index (χ3n) is 4.58. The molecular weight excluding hydrogens is 298 g/mol. The summed E-state index contributed by atoms with van der Waals surface area (Å²) in [6, 6.07) is 5.90. The molecule has 0 aromatic heterocycles. The fraction of sp³-hybridized carbons (Fsp3) is 0.588. The third kappa shape index (κ3) is 2.78. The number of thioether (sulfide) groups is 1. The molecule has 0 bridgehead atoms. The van der Waals surface area contributed by atoms with E-state index in [1.54, 1.807) is 14.2 Å². The lowest BCUT2D eigenvalue weighted by Crippen LogP contribution is -2.34. The normalized spacial score (nSPS) is 22.1. The highest BCUT2D eigenvalue weighted by molar-refractivity contribution is 7.99. The average molecular weight is 321 g/mol. The number of para-hydroxylation sites is 1. The Labute approximate surface area is 136 Å². The van der Waals surface area contributed by atoms with Crippen LogP contribution in [0.4, 0.5) is 0 Å². The maximum absolute atomic E-state index is 12.8. The van der Waals surface area contributed by atoms with Gasteiger partial charge in [0.05, 0.1) is 14.2 Å². The molecule has 3 rings (SSSR count). The number of amides is 1. The molecule has 0 N–H and O–H groups in total. The number of carbonyl (C=O) groups excluding carboxylic acids is 1. The summed E-state index contributed by atoms with van der Waals surface area (Å²) in [6.07, 6.45) is 4.46. The zero-order chi connectivity index (χ0) is 15.5. The Hall–Kier alpha value is -1.36. The maximum atomic E-state index is 12.8. The zero-order valence-corrected chi connectivity index (χ0v) is 14.0. The van der Waals surface area contributed by atoms with E-state index in [0.717, 1.165) is 42.2 Å². The number of nitrogens with zero attached hydrogens (tertiary/aromatic N) is 1.